The van der Waals surface area contributed by atoms with Gasteiger partial charge in [-0.15, -0.1) is 0 Å². The summed E-state index contributed by atoms with van der Waals surface area (Å²) in [7, 11) is 0. The molecule has 9 nitrogen and oxygen atoms in total. The van der Waals surface area contributed by atoms with E-state index in [0.29, 0.717) is 31.1 Å². The van der Waals surface area contributed by atoms with Crippen LogP contribution < -0.4 is 15.5 Å². The molecule has 2 amide bonds. The molecule has 1 saturated heterocycles. The van der Waals surface area contributed by atoms with Crippen LogP contribution in [0, 0.1) is 0 Å². The number of rotatable bonds is 4. The summed E-state index contributed by atoms with van der Waals surface area (Å²) >= 11 is 0. The van der Waals surface area contributed by atoms with Crippen LogP contribution in [0.25, 0.3) is 0 Å². The summed E-state index contributed by atoms with van der Waals surface area (Å²) in [6.07, 6.45) is 4.45. The van der Waals surface area contributed by atoms with E-state index in [0.717, 1.165) is 0 Å². The second-order valence-electron chi connectivity index (χ2n) is 5.22. The van der Waals surface area contributed by atoms with Crippen LogP contribution in [0.2, 0.25) is 0 Å². The summed E-state index contributed by atoms with van der Waals surface area (Å²) < 4.78 is 1.48. The van der Waals surface area contributed by atoms with E-state index in [2.05, 4.69) is 25.7 Å². The highest BCUT2D eigenvalue weighted by Crippen LogP contribution is 2.16. The van der Waals surface area contributed by atoms with Gasteiger partial charge in [-0.2, -0.15) is 5.10 Å². The molecule has 1 atom stereocenters. The van der Waals surface area contributed by atoms with Gasteiger partial charge >= 0.3 is 0 Å². The van der Waals surface area contributed by atoms with Crippen LogP contribution in [-0.4, -0.2) is 51.2 Å². The third-order valence-corrected chi connectivity index (χ3v) is 3.59. The topological polar surface area (TPSA) is 105 Å². The maximum absolute atomic E-state index is 12.1. The smallest absolute Gasteiger partial charge is 0.249 e. The second kappa shape index (κ2) is 6.42. The van der Waals surface area contributed by atoms with Crippen LogP contribution in [-0.2, 0) is 9.59 Å². The van der Waals surface area contributed by atoms with Crippen LogP contribution in [0.15, 0.2) is 31.0 Å². The maximum atomic E-state index is 12.1. The molecule has 0 spiro atoms. The average molecular weight is 315 g/mol. The van der Waals surface area contributed by atoms with Crippen LogP contribution in [0.3, 0.4) is 0 Å². The number of aromatic nitrogens is 4. The van der Waals surface area contributed by atoms with Crippen molar-refractivity contribution in [3.63, 3.8) is 0 Å². The van der Waals surface area contributed by atoms with E-state index < -0.39 is 6.04 Å². The Morgan fingerprint density at radius 2 is 2.30 bits per heavy atom. The summed E-state index contributed by atoms with van der Waals surface area (Å²) in [4.78, 5) is 33.6. The van der Waals surface area contributed by atoms with Crippen molar-refractivity contribution in [1.82, 2.24) is 25.1 Å². The van der Waals surface area contributed by atoms with Gasteiger partial charge in [0, 0.05) is 13.1 Å². The van der Waals surface area contributed by atoms with E-state index in [-0.39, 0.29) is 11.8 Å². The normalized spacial score (nSPS) is 15.9. The Labute approximate surface area is 132 Å². The summed E-state index contributed by atoms with van der Waals surface area (Å²) in [6, 6.07) is 3.08. The summed E-state index contributed by atoms with van der Waals surface area (Å²) in [6.45, 7) is 3.35. The fourth-order valence-electron chi connectivity index (χ4n) is 2.27. The van der Waals surface area contributed by atoms with Gasteiger partial charge in [-0.1, -0.05) is 0 Å². The van der Waals surface area contributed by atoms with Crippen molar-refractivity contribution in [2.75, 3.05) is 29.9 Å². The monoisotopic (exact) mass is 315 g/mol. The lowest BCUT2D eigenvalue weighted by Gasteiger charge is -2.27. The minimum atomic E-state index is -0.469. The zero-order valence-corrected chi connectivity index (χ0v) is 12.6. The van der Waals surface area contributed by atoms with E-state index in [4.69, 9.17) is 0 Å². The number of piperazine rings is 1. The fourth-order valence-corrected chi connectivity index (χ4v) is 2.27. The standard InChI is InChI=1S/C14H17N7O2/c1-10(21-9-15-8-18-21)14(23)19-11-2-3-12(17-6-11)20-5-4-16-13(22)7-20/h2-3,6,8-10H,4-5,7H2,1H3,(H,16,22)(H,19,23)/t10-/m1/s1. The van der Waals surface area contributed by atoms with Gasteiger partial charge in [0.05, 0.1) is 18.4 Å². The molecule has 1 fully saturated rings. The van der Waals surface area contributed by atoms with E-state index in [9.17, 15) is 9.59 Å². The van der Waals surface area contributed by atoms with Crippen LogP contribution in [0.4, 0.5) is 11.5 Å². The Hall–Kier alpha value is -2.97. The van der Waals surface area contributed by atoms with Crippen molar-refractivity contribution in [3.05, 3.63) is 31.0 Å². The lowest BCUT2D eigenvalue weighted by atomic mass is 10.3. The fraction of sp³-hybridized carbons (Fsp3) is 0.357. The number of hydrogen-bond donors (Lipinski definition) is 2. The van der Waals surface area contributed by atoms with Crippen LogP contribution >= 0.6 is 0 Å². The Morgan fingerprint density at radius 3 is 2.96 bits per heavy atom. The van der Waals surface area contributed by atoms with Crippen molar-refractivity contribution in [1.29, 1.82) is 0 Å². The van der Waals surface area contributed by atoms with Crippen LogP contribution in [0.1, 0.15) is 13.0 Å². The first-order valence-electron chi connectivity index (χ1n) is 7.26. The largest absolute Gasteiger partial charge is 0.353 e. The molecule has 3 heterocycles. The molecule has 120 valence electrons. The molecule has 9 heteroatoms. The molecule has 2 aromatic rings. The van der Waals surface area contributed by atoms with Crippen molar-refractivity contribution < 1.29 is 9.59 Å². The molecule has 0 bridgehead atoms. The first kappa shape index (κ1) is 14.9. The molecular weight excluding hydrogens is 298 g/mol. The van der Waals surface area contributed by atoms with Crippen LogP contribution in [0.5, 0.6) is 0 Å². The van der Waals surface area contributed by atoms with E-state index >= 15 is 0 Å². The zero-order valence-electron chi connectivity index (χ0n) is 12.6. The molecule has 2 N–H and O–H groups in total. The van der Waals surface area contributed by atoms with Crippen molar-refractivity contribution in [2.45, 2.75) is 13.0 Å². The maximum Gasteiger partial charge on any atom is 0.249 e. The van der Waals surface area contributed by atoms with E-state index in [1.165, 1.54) is 17.3 Å². The average Bonchev–Trinajstić information content (AvgIpc) is 3.09. The molecule has 0 aliphatic carbocycles. The highest BCUT2D eigenvalue weighted by atomic mass is 16.2. The zero-order chi connectivity index (χ0) is 16.2. The Bertz CT molecular complexity index is 684. The Balaban J connectivity index is 1.63. The Morgan fingerprint density at radius 1 is 1.43 bits per heavy atom. The first-order valence-corrected chi connectivity index (χ1v) is 7.26. The third-order valence-electron chi connectivity index (χ3n) is 3.59. The lowest BCUT2D eigenvalue weighted by molar-refractivity contribution is -0.120. The summed E-state index contributed by atoms with van der Waals surface area (Å²) in [5.74, 6) is 0.488. The van der Waals surface area contributed by atoms with Gasteiger partial charge in [0.25, 0.3) is 0 Å². The number of nitrogens with zero attached hydrogens (tertiary/aromatic N) is 5. The number of carbonyl (C=O) groups is 2. The van der Waals surface area contributed by atoms with Gasteiger partial charge in [-0.05, 0) is 19.1 Å². The number of pyridine rings is 1. The minimum absolute atomic E-state index is 0.0166. The lowest BCUT2D eigenvalue weighted by Crippen LogP contribution is -2.48. The predicted octanol–water partition coefficient (Wildman–Crippen LogP) is -0.191. The first-order chi connectivity index (χ1) is 11.1. The van der Waals surface area contributed by atoms with Gasteiger partial charge in [-0.25, -0.2) is 14.6 Å². The van der Waals surface area contributed by atoms with Gasteiger partial charge in [0.15, 0.2) is 0 Å². The van der Waals surface area contributed by atoms with Gasteiger partial charge < -0.3 is 15.5 Å². The van der Waals surface area contributed by atoms with E-state index in [1.54, 1.807) is 25.3 Å². The second-order valence-corrected chi connectivity index (χ2v) is 5.22. The number of carbonyl (C=O) groups excluding carboxylic acids is 2. The number of nitrogens with one attached hydrogen (secondary N) is 2. The van der Waals surface area contributed by atoms with Crippen molar-refractivity contribution >= 4 is 23.3 Å². The molecule has 3 rings (SSSR count). The molecule has 23 heavy (non-hydrogen) atoms. The SMILES string of the molecule is C[C@H](C(=O)Nc1ccc(N2CCNC(=O)C2)nc1)n1cncn1. The van der Waals surface area contributed by atoms with Gasteiger partial charge in [-0.3, -0.25) is 9.59 Å². The molecule has 2 aromatic heterocycles. The highest BCUT2D eigenvalue weighted by molar-refractivity contribution is 5.93. The van der Waals surface area contributed by atoms with Gasteiger partial charge in [0.2, 0.25) is 11.8 Å². The van der Waals surface area contributed by atoms with Gasteiger partial charge in [0.1, 0.15) is 24.5 Å². The predicted molar refractivity (Wildman–Crippen MR) is 82.8 cm³/mol. The summed E-state index contributed by atoms with van der Waals surface area (Å²) in [5, 5.41) is 9.49. The van der Waals surface area contributed by atoms with E-state index in [1.807, 2.05) is 4.90 Å². The van der Waals surface area contributed by atoms with Crippen molar-refractivity contribution in [3.8, 4) is 0 Å². The number of amides is 2. The molecule has 0 unspecified atom stereocenters. The summed E-state index contributed by atoms with van der Waals surface area (Å²) in [5.41, 5.74) is 0.590. The molecular formula is C14H17N7O2. The minimum Gasteiger partial charge on any atom is -0.353 e. The Kier molecular flexibility index (Phi) is 4.18. The number of hydrogen-bond acceptors (Lipinski definition) is 6. The molecule has 1 aliphatic rings. The molecule has 0 aromatic carbocycles. The quantitative estimate of drug-likeness (QED) is 0.810. The molecule has 0 radical (unpaired) electrons. The number of anilines is 2. The molecule has 0 saturated carbocycles. The highest BCUT2D eigenvalue weighted by Gasteiger charge is 2.18. The van der Waals surface area contributed by atoms with Crippen molar-refractivity contribution in [2.24, 2.45) is 0 Å². The molecule has 1 aliphatic heterocycles. The third kappa shape index (κ3) is 3.44.